The van der Waals surface area contributed by atoms with Crippen molar-refractivity contribution in [1.82, 2.24) is 5.32 Å². The first kappa shape index (κ1) is 19.1. The Labute approximate surface area is 123 Å². The van der Waals surface area contributed by atoms with E-state index in [9.17, 15) is 18.0 Å². The van der Waals surface area contributed by atoms with Crippen molar-refractivity contribution in [1.29, 1.82) is 0 Å². The molecule has 3 N–H and O–H groups in total. The van der Waals surface area contributed by atoms with Gasteiger partial charge in [-0.3, -0.25) is 4.79 Å². The SMILES string of the molecule is CCCC(CCC)(C(=O)NC(C)CC(F)(F)F)C(N)=S. The summed E-state index contributed by atoms with van der Waals surface area (Å²) >= 11 is 4.99. The summed E-state index contributed by atoms with van der Waals surface area (Å²) < 4.78 is 36.9. The molecule has 0 spiro atoms. The van der Waals surface area contributed by atoms with E-state index in [-0.39, 0.29) is 4.99 Å². The van der Waals surface area contributed by atoms with Crippen LogP contribution in [0, 0.1) is 5.41 Å². The molecule has 7 heteroatoms. The molecule has 0 fully saturated rings. The third-order valence-corrected chi connectivity index (χ3v) is 3.57. The van der Waals surface area contributed by atoms with E-state index >= 15 is 0 Å². The maximum absolute atomic E-state index is 12.3. The van der Waals surface area contributed by atoms with E-state index in [0.29, 0.717) is 25.7 Å². The number of rotatable bonds is 8. The van der Waals surface area contributed by atoms with Crippen LogP contribution >= 0.6 is 12.2 Å². The number of thiocarbonyl (C=S) groups is 1. The van der Waals surface area contributed by atoms with Gasteiger partial charge in [0.25, 0.3) is 0 Å². The lowest BCUT2D eigenvalue weighted by Crippen LogP contribution is -2.51. The second kappa shape index (κ2) is 7.81. The highest BCUT2D eigenvalue weighted by Crippen LogP contribution is 2.31. The van der Waals surface area contributed by atoms with E-state index in [4.69, 9.17) is 18.0 Å². The molecule has 0 saturated carbocycles. The number of alkyl halides is 3. The van der Waals surface area contributed by atoms with Gasteiger partial charge in [0.2, 0.25) is 5.91 Å². The van der Waals surface area contributed by atoms with Crippen molar-refractivity contribution >= 4 is 23.1 Å². The summed E-state index contributed by atoms with van der Waals surface area (Å²) in [6, 6.07) is -0.995. The lowest BCUT2D eigenvalue weighted by Gasteiger charge is -2.32. The Morgan fingerprint density at radius 1 is 1.25 bits per heavy atom. The molecule has 0 aliphatic heterocycles. The summed E-state index contributed by atoms with van der Waals surface area (Å²) in [6.45, 7) is 5.10. The van der Waals surface area contributed by atoms with E-state index in [1.54, 1.807) is 0 Å². The van der Waals surface area contributed by atoms with Gasteiger partial charge in [-0.05, 0) is 19.8 Å². The van der Waals surface area contributed by atoms with Crippen LogP contribution in [0.1, 0.15) is 52.9 Å². The lowest BCUT2D eigenvalue weighted by atomic mass is 9.78. The third kappa shape index (κ3) is 5.64. The van der Waals surface area contributed by atoms with E-state index in [2.05, 4.69) is 5.32 Å². The minimum Gasteiger partial charge on any atom is -0.392 e. The minimum atomic E-state index is -4.31. The molecule has 1 amide bonds. The quantitative estimate of drug-likeness (QED) is 0.676. The lowest BCUT2D eigenvalue weighted by molar-refractivity contribution is -0.143. The number of carbonyl (C=O) groups is 1. The fourth-order valence-electron chi connectivity index (χ4n) is 2.32. The molecule has 3 nitrogen and oxygen atoms in total. The summed E-state index contributed by atoms with van der Waals surface area (Å²) in [5, 5.41) is 2.40. The molecule has 0 aliphatic carbocycles. The van der Waals surface area contributed by atoms with Gasteiger partial charge in [0, 0.05) is 6.04 Å². The van der Waals surface area contributed by atoms with Crippen molar-refractivity contribution in [3.8, 4) is 0 Å². The zero-order chi connectivity index (χ0) is 16.0. The average Bonchev–Trinajstić information content (AvgIpc) is 2.25. The topological polar surface area (TPSA) is 55.1 Å². The molecule has 0 heterocycles. The minimum absolute atomic E-state index is 0.0536. The van der Waals surface area contributed by atoms with Crippen molar-refractivity contribution < 1.29 is 18.0 Å². The molecule has 0 aliphatic rings. The van der Waals surface area contributed by atoms with E-state index in [0.717, 1.165) is 0 Å². The fraction of sp³-hybridized carbons (Fsp3) is 0.846. The second-order valence-corrected chi connectivity index (χ2v) is 5.58. The van der Waals surface area contributed by atoms with Crippen LogP contribution in [0.15, 0.2) is 0 Å². The zero-order valence-corrected chi connectivity index (χ0v) is 13.0. The fourth-order valence-corrected chi connectivity index (χ4v) is 2.62. The Morgan fingerprint density at radius 3 is 2.00 bits per heavy atom. The van der Waals surface area contributed by atoms with Crippen LogP contribution in [-0.2, 0) is 4.79 Å². The highest BCUT2D eigenvalue weighted by atomic mass is 32.1. The first-order valence-corrected chi connectivity index (χ1v) is 7.17. The first-order valence-electron chi connectivity index (χ1n) is 6.76. The molecule has 0 aromatic rings. The van der Waals surface area contributed by atoms with Crippen LogP contribution in [-0.4, -0.2) is 23.1 Å². The number of hydrogen-bond acceptors (Lipinski definition) is 2. The molecule has 0 bridgehead atoms. The Morgan fingerprint density at radius 2 is 1.70 bits per heavy atom. The molecule has 0 radical (unpaired) electrons. The molecule has 0 aromatic carbocycles. The Hall–Kier alpha value is -0.850. The number of nitrogens with one attached hydrogen (secondary N) is 1. The molecule has 0 aromatic heterocycles. The molecule has 0 saturated heterocycles. The first-order chi connectivity index (χ1) is 9.09. The number of carbonyl (C=O) groups excluding carboxylic acids is 1. The zero-order valence-electron chi connectivity index (χ0n) is 12.1. The Kier molecular flexibility index (Phi) is 7.47. The molecule has 118 valence electrons. The predicted molar refractivity (Wildman–Crippen MR) is 77.3 cm³/mol. The van der Waals surface area contributed by atoms with Crippen LogP contribution in [0.25, 0.3) is 0 Å². The predicted octanol–water partition coefficient (Wildman–Crippen LogP) is 3.32. The summed E-state index contributed by atoms with van der Waals surface area (Å²) in [5.74, 6) is -0.495. The summed E-state index contributed by atoms with van der Waals surface area (Å²) in [7, 11) is 0. The van der Waals surface area contributed by atoms with Crippen molar-refractivity contribution in [3.05, 3.63) is 0 Å². The normalized spacial score (nSPS) is 13.9. The number of halogens is 3. The number of amides is 1. The Balaban J connectivity index is 5.00. The summed E-state index contributed by atoms with van der Waals surface area (Å²) in [6.07, 6.45) is -3.13. The maximum atomic E-state index is 12.3. The van der Waals surface area contributed by atoms with Gasteiger partial charge in [0.1, 0.15) is 0 Å². The molecule has 1 atom stereocenters. The van der Waals surface area contributed by atoms with Gasteiger partial charge in [-0.15, -0.1) is 0 Å². The molecule has 0 rings (SSSR count). The van der Waals surface area contributed by atoms with E-state index in [1.807, 2.05) is 13.8 Å². The van der Waals surface area contributed by atoms with Crippen molar-refractivity contribution in [2.75, 3.05) is 0 Å². The van der Waals surface area contributed by atoms with Gasteiger partial charge < -0.3 is 11.1 Å². The molecular formula is C13H23F3N2OS. The van der Waals surface area contributed by atoms with Crippen molar-refractivity contribution in [3.63, 3.8) is 0 Å². The molecule has 20 heavy (non-hydrogen) atoms. The number of nitrogens with two attached hydrogens (primary N) is 1. The maximum Gasteiger partial charge on any atom is 0.391 e. The van der Waals surface area contributed by atoms with Crippen LogP contribution in [0.5, 0.6) is 0 Å². The standard InChI is InChI=1S/C13H23F3N2OS/c1-4-6-12(7-5-2,10(17)20)11(19)18-9(3)8-13(14,15)16/h9H,4-8H2,1-3H3,(H2,17,20)(H,18,19). The average molecular weight is 312 g/mol. The Bertz CT molecular complexity index is 339. The summed E-state index contributed by atoms with van der Waals surface area (Å²) in [4.78, 5) is 12.4. The monoisotopic (exact) mass is 312 g/mol. The van der Waals surface area contributed by atoms with E-state index in [1.165, 1.54) is 6.92 Å². The largest absolute Gasteiger partial charge is 0.392 e. The van der Waals surface area contributed by atoms with Gasteiger partial charge in [0.15, 0.2) is 0 Å². The van der Waals surface area contributed by atoms with Crippen LogP contribution in [0.4, 0.5) is 13.2 Å². The highest BCUT2D eigenvalue weighted by Gasteiger charge is 2.41. The molecule has 1 unspecified atom stereocenters. The van der Waals surface area contributed by atoms with Crippen LogP contribution in [0.3, 0.4) is 0 Å². The van der Waals surface area contributed by atoms with Gasteiger partial charge in [-0.1, -0.05) is 38.9 Å². The van der Waals surface area contributed by atoms with Gasteiger partial charge in [-0.25, -0.2) is 0 Å². The smallest absolute Gasteiger partial charge is 0.391 e. The highest BCUT2D eigenvalue weighted by molar-refractivity contribution is 7.80. The van der Waals surface area contributed by atoms with Crippen LogP contribution < -0.4 is 11.1 Å². The van der Waals surface area contributed by atoms with Gasteiger partial charge in [0.05, 0.1) is 16.8 Å². The second-order valence-electron chi connectivity index (χ2n) is 5.14. The van der Waals surface area contributed by atoms with Crippen molar-refractivity contribution in [2.45, 2.75) is 65.1 Å². The number of hydrogen-bond donors (Lipinski definition) is 2. The summed E-state index contributed by atoms with van der Waals surface area (Å²) in [5.41, 5.74) is 4.65. The van der Waals surface area contributed by atoms with Gasteiger partial charge in [-0.2, -0.15) is 13.2 Å². The third-order valence-electron chi connectivity index (χ3n) is 3.17. The van der Waals surface area contributed by atoms with E-state index < -0.39 is 30.0 Å². The van der Waals surface area contributed by atoms with Gasteiger partial charge >= 0.3 is 6.18 Å². The molecular weight excluding hydrogens is 289 g/mol. The van der Waals surface area contributed by atoms with Crippen LogP contribution in [0.2, 0.25) is 0 Å². The van der Waals surface area contributed by atoms with Crippen molar-refractivity contribution in [2.24, 2.45) is 11.1 Å².